The molecular weight excluding hydrogens is 254 g/mol. The molecule has 0 heterocycles. The molecule has 1 heteroatoms. The van der Waals surface area contributed by atoms with E-state index < -0.39 is 0 Å². The van der Waals surface area contributed by atoms with E-state index in [9.17, 15) is 0 Å². The van der Waals surface area contributed by atoms with Crippen LogP contribution in [0.25, 0.3) is 0 Å². The Balaban J connectivity index is 0.000000579. The highest BCUT2D eigenvalue weighted by Crippen LogP contribution is 2.14. The third-order valence-corrected chi connectivity index (χ3v) is 2.74. The van der Waals surface area contributed by atoms with E-state index in [-0.39, 0.29) is 0 Å². The van der Waals surface area contributed by atoms with Crippen LogP contribution in [0.3, 0.4) is 0 Å². The van der Waals surface area contributed by atoms with Crippen LogP contribution in [0.1, 0.15) is 51.3 Å². The summed E-state index contributed by atoms with van der Waals surface area (Å²) in [5.41, 5.74) is 9.41. The van der Waals surface area contributed by atoms with Gasteiger partial charge in [-0.25, -0.2) is 0 Å². The van der Waals surface area contributed by atoms with Gasteiger partial charge in [-0.15, -0.1) is 0 Å². The third kappa shape index (κ3) is 9.04. The molecular formula is C20H31N. The standard InChI is InChI=1S/C15H16.C3H9N.C2H6/c1-2-14-10-6-7-11-15(14)12-13-8-4-3-5-9-13;1-3(2)4;1-2/h3-11H,2,12H2,1H3;3H,4H2,1-2H3;1-2H3. The van der Waals surface area contributed by atoms with Crippen molar-refractivity contribution >= 4 is 0 Å². The van der Waals surface area contributed by atoms with E-state index in [4.69, 9.17) is 5.73 Å². The van der Waals surface area contributed by atoms with Gasteiger partial charge in [0.1, 0.15) is 0 Å². The molecule has 0 aromatic heterocycles. The number of nitrogens with two attached hydrogens (primary N) is 1. The first-order valence-electron chi connectivity index (χ1n) is 7.99. The molecule has 116 valence electrons. The molecule has 0 fully saturated rings. The van der Waals surface area contributed by atoms with Crippen LogP contribution in [0.2, 0.25) is 0 Å². The lowest BCUT2D eigenvalue weighted by Crippen LogP contribution is -2.06. The Morgan fingerprint density at radius 1 is 0.810 bits per heavy atom. The first-order valence-corrected chi connectivity index (χ1v) is 7.99. The zero-order valence-electron chi connectivity index (χ0n) is 14.3. The summed E-state index contributed by atoms with van der Waals surface area (Å²) in [4.78, 5) is 0. The minimum Gasteiger partial charge on any atom is -0.328 e. The van der Waals surface area contributed by atoms with Crippen molar-refractivity contribution in [3.8, 4) is 0 Å². The quantitative estimate of drug-likeness (QED) is 0.822. The molecule has 0 aliphatic carbocycles. The van der Waals surface area contributed by atoms with E-state index in [1.165, 1.54) is 16.7 Å². The van der Waals surface area contributed by atoms with E-state index in [1.807, 2.05) is 27.7 Å². The second kappa shape index (κ2) is 12.2. The highest BCUT2D eigenvalue weighted by molar-refractivity contribution is 5.32. The first-order chi connectivity index (χ1) is 10.1. The highest BCUT2D eigenvalue weighted by atomic mass is 14.6. The van der Waals surface area contributed by atoms with Gasteiger partial charge in [0, 0.05) is 0 Å². The van der Waals surface area contributed by atoms with Crippen LogP contribution < -0.4 is 5.73 Å². The first kappa shape index (κ1) is 19.4. The largest absolute Gasteiger partial charge is 0.328 e. The summed E-state index contributed by atoms with van der Waals surface area (Å²) in [5, 5.41) is 0. The Kier molecular flexibility index (Phi) is 11.2. The molecule has 2 N–H and O–H groups in total. The monoisotopic (exact) mass is 285 g/mol. The molecule has 0 aliphatic heterocycles. The zero-order valence-corrected chi connectivity index (χ0v) is 14.3. The van der Waals surface area contributed by atoms with Gasteiger partial charge in [0.25, 0.3) is 0 Å². The summed E-state index contributed by atoms with van der Waals surface area (Å²) < 4.78 is 0. The molecule has 0 radical (unpaired) electrons. The lowest BCUT2D eigenvalue weighted by atomic mass is 9.98. The zero-order chi connectivity index (χ0) is 16.1. The lowest BCUT2D eigenvalue weighted by molar-refractivity contribution is 0.834. The minimum atomic E-state index is 0.333. The Labute approximate surface area is 131 Å². The van der Waals surface area contributed by atoms with Gasteiger partial charge in [0.15, 0.2) is 0 Å². The molecule has 2 aromatic carbocycles. The van der Waals surface area contributed by atoms with Crippen molar-refractivity contribution in [1.82, 2.24) is 0 Å². The van der Waals surface area contributed by atoms with Gasteiger partial charge in [0.2, 0.25) is 0 Å². The number of hydrogen-bond donors (Lipinski definition) is 1. The molecule has 0 atom stereocenters. The van der Waals surface area contributed by atoms with Crippen LogP contribution in [-0.4, -0.2) is 6.04 Å². The Morgan fingerprint density at radius 3 is 1.71 bits per heavy atom. The maximum absolute atomic E-state index is 5.11. The third-order valence-electron chi connectivity index (χ3n) is 2.74. The molecule has 0 bridgehead atoms. The Hall–Kier alpha value is -1.60. The van der Waals surface area contributed by atoms with Crippen molar-refractivity contribution in [2.45, 2.75) is 53.5 Å². The van der Waals surface area contributed by atoms with E-state index in [0.29, 0.717) is 6.04 Å². The van der Waals surface area contributed by atoms with Crippen molar-refractivity contribution in [2.24, 2.45) is 5.73 Å². The summed E-state index contributed by atoms with van der Waals surface area (Å²) in [6.45, 7) is 10.1. The molecule has 0 aliphatic rings. The van der Waals surface area contributed by atoms with Gasteiger partial charge < -0.3 is 5.73 Å². The highest BCUT2D eigenvalue weighted by Gasteiger charge is 2.00. The maximum atomic E-state index is 5.11. The van der Waals surface area contributed by atoms with Gasteiger partial charge in [-0.3, -0.25) is 0 Å². The molecule has 0 saturated heterocycles. The number of benzene rings is 2. The lowest BCUT2D eigenvalue weighted by Gasteiger charge is -2.07. The smallest absolute Gasteiger partial charge is 0.00179 e. The SMILES string of the molecule is CC.CC(C)N.CCc1ccccc1Cc1ccccc1. The van der Waals surface area contributed by atoms with Crippen LogP contribution in [-0.2, 0) is 12.8 Å². The minimum absolute atomic E-state index is 0.333. The van der Waals surface area contributed by atoms with Crippen molar-refractivity contribution < 1.29 is 0 Å². The molecule has 0 spiro atoms. The van der Waals surface area contributed by atoms with Gasteiger partial charge >= 0.3 is 0 Å². The molecule has 0 amide bonds. The average molecular weight is 285 g/mol. The van der Waals surface area contributed by atoms with Crippen molar-refractivity contribution in [3.63, 3.8) is 0 Å². The maximum Gasteiger partial charge on any atom is -0.00179 e. The summed E-state index contributed by atoms with van der Waals surface area (Å²) in [5.74, 6) is 0. The fourth-order valence-corrected chi connectivity index (χ4v) is 1.89. The van der Waals surface area contributed by atoms with E-state index in [0.717, 1.165) is 12.8 Å². The molecule has 0 unspecified atom stereocenters. The van der Waals surface area contributed by atoms with E-state index >= 15 is 0 Å². The van der Waals surface area contributed by atoms with Crippen LogP contribution in [0, 0.1) is 0 Å². The van der Waals surface area contributed by atoms with Crippen LogP contribution in [0.15, 0.2) is 54.6 Å². The topological polar surface area (TPSA) is 26.0 Å². The van der Waals surface area contributed by atoms with Gasteiger partial charge in [0.05, 0.1) is 0 Å². The van der Waals surface area contributed by atoms with Gasteiger partial charge in [-0.2, -0.15) is 0 Å². The van der Waals surface area contributed by atoms with Crippen LogP contribution in [0.5, 0.6) is 0 Å². The Bertz CT molecular complexity index is 458. The van der Waals surface area contributed by atoms with Crippen molar-refractivity contribution in [1.29, 1.82) is 0 Å². The van der Waals surface area contributed by atoms with Gasteiger partial charge in [-0.1, -0.05) is 89.2 Å². The molecule has 1 nitrogen and oxygen atoms in total. The fourth-order valence-electron chi connectivity index (χ4n) is 1.89. The van der Waals surface area contributed by atoms with Crippen molar-refractivity contribution in [2.75, 3.05) is 0 Å². The molecule has 2 rings (SSSR count). The molecule has 21 heavy (non-hydrogen) atoms. The van der Waals surface area contributed by atoms with Crippen molar-refractivity contribution in [3.05, 3.63) is 71.3 Å². The number of hydrogen-bond acceptors (Lipinski definition) is 1. The van der Waals surface area contributed by atoms with Crippen LogP contribution >= 0.6 is 0 Å². The summed E-state index contributed by atoms with van der Waals surface area (Å²) in [7, 11) is 0. The van der Waals surface area contributed by atoms with Gasteiger partial charge in [-0.05, 0) is 35.6 Å². The predicted octanol–water partition coefficient (Wildman–Crippen LogP) is 5.22. The second-order valence-electron chi connectivity index (χ2n) is 5.03. The normalized spacial score (nSPS) is 9.29. The van der Waals surface area contributed by atoms with E-state index in [2.05, 4.69) is 61.5 Å². The summed E-state index contributed by atoms with van der Waals surface area (Å²) in [6, 6.07) is 19.7. The summed E-state index contributed by atoms with van der Waals surface area (Å²) in [6.07, 6.45) is 2.16. The Morgan fingerprint density at radius 2 is 1.24 bits per heavy atom. The molecule has 2 aromatic rings. The average Bonchev–Trinajstić information content (AvgIpc) is 2.50. The predicted molar refractivity (Wildman–Crippen MR) is 95.7 cm³/mol. The van der Waals surface area contributed by atoms with Crippen LogP contribution in [0.4, 0.5) is 0 Å². The summed E-state index contributed by atoms with van der Waals surface area (Å²) >= 11 is 0. The second-order valence-corrected chi connectivity index (χ2v) is 5.03. The number of rotatable bonds is 3. The molecule has 0 saturated carbocycles. The fraction of sp³-hybridized carbons (Fsp3) is 0.400. The number of aryl methyl sites for hydroxylation is 1. The van der Waals surface area contributed by atoms with E-state index in [1.54, 1.807) is 0 Å².